The average molecular weight is 242 g/mol. The lowest BCUT2D eigenvalue weighted by Crippen LogP contribution is -2.29. The normalized spacial score (nSPS) is 17.7. The van der Waals surface area contributed by atoms with Gasteiger partial charge in [-0.2, -0.15) is 5.10 Å². The number of nitrogens with one attached hydrogen (secondary N) is 1. The highest BCUT2D eigenvalue weighted by atomic mass is 15.3. The maximum atomic E-state index is 5.76. The summed E-state index contributed by atoms with van der Waals surface area (Å²) in [6, 6.07) is 6.18. The maximum absolute atomic E-state index is 5.76. The largest absolute Gasteiger partial charge is 0.271 e. The van der Waals surface area contributed by atoms with Crippen LogP contribution in [0.1, 0.15) is 37.3 Å². The van der Waals surface area contributed by atoms with Gasteiger partial charge >= 0.3 is 0 Å². The molecule has 2 aromatic heterocycles. The summed E-state index contributed by atoms with van der Waals surface area (Å²) in [7, 11) is 0. The molecule has 3 rings (SSSR count). The van der Waals surface area contributed by atoms with Crippen LogP contribution in [-0.4, -0.2) is 9.61 Å². The summed E-state index contributed by atoms with van der Waals surface area (Å²) in [5.74, 6) is 5.76. The fraction of sp³-hybridized carbons (Fsp3) is 0.357. The zero-order chi connectivity index (χ0) is 12.4. The molecule has 0 fully saturated rings. The number of aromatic nitrogens is 2. The Hall–Kier alpha value is -1.65. The first kappa shape index (κ1) is 11.4. The van der Waals surface area contributed by atoms with Crippen molar-refractivity contribution in [1.29, 1.82) is 0 Å². The lowest BCUT2D eigenvalue weighted by Gasteiger charge is -2.22. The minimum atomic E-state index is 0.0881. The highest BCUT2D eigenvalue weighted by Crippen LogP contribution is 2.31. The van der Waals surface area contributed by atoms with Crippen LogP contribution in [0.2, 0.25) is 0 Å². The van der Waals surface area contributed by atoms with Gasteiger partial charge in [-0.1, -0.05) is 17.7 Å². The minimum absolute atomic E-state index is 0.0881. The molecule has 0 aromatic carbocycles. The van der Waals surface area contributed by atoms with Crippen LogP contribution in [0, 0.1) is 0 Å². The molecular weight excluding hydrogens is 224 g/mol. The summed E-state index contributed by atoms with van der Waals surface area (Å²) in [4.78, 5) is 0. The van der Waals surface area contributed by atoms with Crippen molar-refractivity contribution in [1.82, 2.24) is 15.0 Å². The summed E-state index contributed by atoms with van der Waals surface area (Å²) in [6.45, 7) is 0. The Kier molecular flexibility index (Phi) is 3.13. The van der Waals surface area contributed by atoms with E-state index in [1.54, 1.807) is 0 Å². The minimum Gasteiger partial charge on any atom is -0.271 e. The second-order valence-corrected chi connectivity index (χ2v) is 4.75. The van der Waals surface area contributed by atoms with Gasteiger partial charge in [-0.05, 0) is 37.8 Å². The van der Waals surface area contributed by atoms with Crippen molar-refractivity contribution < 1.29 is 0 Å². The predicted molar refractivity (Wildman–Crippen MR) is 71.8 cm³/mol. The Labute approximate surface area is 106 Å². The topological polar surface area (TPSA) is 55.3 Å². The predicted octanol–water partition coefficient (Wildman–Crippen LogP) is 2.34. The average Bonchev–Trinajstić information content (AvgIpc) is 2.85. The van der Waals surface area contributed by atoms with Gasteiger partial charge in [0.1, 0.15) is 0 Å². The van der Waals surface area contributed by atoms with Crippen LogP contribution in [0.15, 0.2) is 42.2 Å². The molecule has 94 valence electrons. The molecule has 2 heterocycles. The molecule has 1 aliphatic rings. The van der Waals surface area contributed by atoms with Gasteiger partial charge in [-0.15, -0.1) is 0 Å². The number of nitrogens with zero attached hydrogens (tertiary/aromatic N) is 2. The molecular formula is C14H18N4. The molecule has 0 spiro atoms. The third-order valence-electron chi connectivity index (χ3n) is 3.63. The van der Waals surface area contributed by atoms with E-state index in [9.17, 15) is 0 Å². The van der Waals surface area contributed by atoms with Crippen molar-refractivity contribution in [2.45, 2.75) is 31.7 Å². The Bertz CT molecular complexity index is 570. The van der Waals surface area contributed by atoms with Gasteiger partial charge in [0.15, 0.2) is 0 Å². The second kappa shape index (κ2) is 4.92. The van der Waals surface area contributed by atoms with Crippen LogP contribution in [0.4, 0.5) is 0 Å². The highest BCUT2D eigenvalue weighted by molar-refractivity contribution is 5.56. The molecule has 3 N–H and O–H groups in total. The Balaban J connectivity index is 2.03. The van der Waals surface area contributed by atoms with E-state index in [0.717, 1.165) is 23.9 Å². The molecule has 1 aliphatic carbocycles. The Morgan fingerprint density at radius 1 is 1.33 bits per heavy atom. The smallest absolute Gasteiger partial charge is 0.0713 e. The van der Waals surface area contributed by atoms with E-state index >= 15 is 0 Å². The van der Waals surface area contributed by atoms with E-state index in [4.69, 9.17) is 5.84 Å². The van der Waals surface area contributed by atoms with Gasteiger partial charge in [0.2, 0.25) is 0 Å². The van der Waals surface area contributed by atoms with Gasteiger partial charge in [-0.25, -0.2) is 9.94 Å². The number of fused-ring (bicyclic) bond motifs is 1. The van der Waals surface area contributed by atoms with Crippen LogP contribution >= 0.6 is 0 Å². The van der Waals surface area contributed by atoms with Crippen LogP contribution in [-0.2, 0) is 0 Å². The van der Waals surface area contributed by atoms with E-state index in [1.165, 1.54) is 18.4 Å². The summed E-state index contributed by atoms with van der Waals surface area (Å²) in [5.41, 5.74) is 6.61. The summed E-state index contributed by atoms with van der Waals surface area (Å²) in [6.07, 6.45) is 11.0. The summed E-state index contributed by atoms with van der Waals surface area (Å²) in [5, 5.41) is 4.38. The fourth-order valence-corrected chi connectivity index (χ4v) is 2.70. The first-order chi connectivity index (χ1) is 8.90. The number of hydrogen-bond donors (Lipinski definition) is 2. The monoisotopic (exact) mass is 242 g/mol. The molecule has 0 aliphatic heterocycles. The third kappa shape index (κ3) is 1.94. The van der Waals surface area contributed by atoms with Gasteiger partial charge < -0.3 is 0 Å². The van der Waals surface area contributed by atoms with Gasteiger partial charge in [0.05, 0.1) is 17.8 Å². The summed E-state index contributed by atoms with van der Waals surface area (Å²) < 4.78 is 1.89. The molecule has 2 aromatic rings. The molecule has 0 bridgehead atoms. The van der Waals surface area contributed by atoms with E-state index < -0.39 is 0 Å². The fourth-order valence-electron chi connectivity index (χ4n) is 2.70. The van der Waals surface area contributed by atoms with Crippen molar-refractivity contribution in [2.75, 3.05) is 0 Å². The van der Waals surface area contributed by atoms with Crippen molar-refractivity contribution >= 4 is 5.52 Å². The first-order valence-corrected chi connectivity index (χ1v) is 6.47. The molecule has 0 saturated carbocycles. The van der Waals surface area contributed by atoms with Gasteiger partial charge in [-0.3, -0.25) is 5.84 Å². The van der Waals surface area contributed by atoms with Gasteiger partial charge in [0, 0.05) is 11.8 Å². The van der Waals surface area contributed by atoms with E-state index in [-0.39, 0.29) is 6.04 Å². The standard InChI is InChI=1S/C14H18N4/c15-17-14(11-6-2-1-3-7-11)12-10-16-18-9-5-4-8-13(12)18/h4-6,8-10,14,17H,1-3,7,15H2. The Morgan fingerprint density at radius 3 is 3.06 bits per heavy atom. The number of rotatable bonds is 3. The maximum Gasteiger partial charge on any atom is 0.0713 e. The number of nitrogens with two attached hydrogens (primary N) is 1. The van der Waals surface area contributed by atoms with Crippen molar-refractivity contribution in [3.63, 3.8) is 0 Å². The summed E-state index contributed by atoms with van der Waals surface area (Å²) >= 11 is 0. The molecule has 1 unspecified atom stereocenters. The van der Waals surface area contributed by atoms with Crippen LogP contribution in [0.3, 0.4) is 0 Å². The molecule has 4 nitrogen and oxygen atoms in total. The molecule has 1 atom stereocenters. The van der Waals surface area contributed by atoms with Crippen molar-refractivity contribution in [3.8, 4) is 0 Å². The van der Waals surface area contributed by atoms with Crippen LogP contribution in [0.25, 0.3) is 5.52 Å². The molecule has 0 amide bonds. The van der Waals surface area contributed by atoms with Crippen molar-refractivity contribution in [2.24, 2.45) is 5.84 Å². The lowest BCUT2D eigenvalue weighted by atomic mass is 9.91. The van der Waals surface area contributed by atoms with Crippen LogP contribution in [0.5, 0.6) is 0 Å². The molecule has 0 radical (unpaired) electrons. The molecule has 0 saturated heterocycles. The number of hydrogen-bond acceptors (Lipinski definition) is 3. The SMILES string of the molecule is NNC(C1=CCCCC1)c1cnn2ccccc12. The highest BCUT2D eigenvalue weighted by Gasteiger charge is 2.20. The number of allylic oxidation sites excluding steroid dienone is 1. The van der Waals surface area contributed by atoms with Gasteiger partial charge in [0.25, 0.3) is 0 Å². The third-order valence-corrected chi connectivity index (χ3v) is 3.63. The quantitative estimate of drug-likeness (QED) is 0.493. The Morgan fingerprint density at radius 2 is 2.28 bits per heavy atom. The van der Waals surface area contributed by atoms with Crippen LogP contribution < -0.4 is 11.3 Å². The van der Waals surface area contributed by atoms with E-state index in [0.29, 0.717) is 0 Å². The number of pyridine rings is 1. The molecule has 4 heteroatoms. The first-order valence-electron chi connectivity index (χ1n) is 6.47. The zero-order valence-corrected chi connectivity index (χ0v) is 10.3. The zero-order valence-electron chi connectivity index (χ0n) is 10.3. The van der Waals surface area contributed by atoms with E-state index in [1.807, 2.05) is 29.0 Å². The second-order valence-electron chi connectivity index (χ2n) is 4.75. The lowest BCUT2D eigenvalue weighted by molar-refractivity contribution is 0.568. The van der Waals surface area contributed by atoms with Crippen molar-refractivity contribution in [3.05, 3.63) is 47.8 Å². The van der Waals surface area contributed by atoms with E-state index in [2.05, 4.69) is 22.7 Å². The molecule has 18 heavy (non-hydrogen) atoms. The number of hydrazine groups is 1.